The molecular formula is C13H17N3O. The van der Waals surface area contributed by atoms with Gasteiger partial charge in [0.1, 0.15) is 0 Å². The van der Waals surface area contributed by atoms with E-state index in [4.69, 9.17) is 0 Å². The second-order valence-electron chi connectivity index (χ2n) is 4.28. The molecule has 4 nitrogen and oxygen atoms in total. The van der Waals surface area contributed by atoms with Crippen LogP contribution >= 0.6 is 0 Å². The van der Waals surface area contributed by atoms with E-state index in [2.05, 4.69) is 22.4 Å². The number of hydrogen-bond donors (Lipinski definition) is 1. The molecule has 1 aromatic heterocycles. The Morgan fingerprint density at radius 3 is 3.00 bits per heavy atom. The zero-order chi connectivity index (χ0) is 12.1. The van der Waals surface area contributed by atoms with Gasteiger partial charge in [0.25, 0.3) is 5.91 Å². The third-order valence-corrected chi connectivity index (χ3v) is 3.19. The van der Waals surface area contributed by atoms with Crippen LogP contribution in [-0.4, -0.2) is 16.6 Å². The monoisotopic (exact) mass is 231 g/mol. The van der Waals surface area contributed by atoms with Gasteiger partial charge in [0.05, 0.1) is 0 Å². The van der Waals surface area contributed by atoms with E-state index in [0.717, 1.165) is 18.6 Å². The minimum absolute atomic E-state index is 0.165. The van der Waals surface area contributed by atoms with Crippen LogP contribution in [0.25, 0.3) is 0 Å². The fourth-order valence-corrected chi connectivity index (χ4v) is 2.18. The summed E-state index contributed by atoms with van der Waals surface area (Å²) in [5.41, 5.74) is 4.35. The first-order chi connectivity index (χ1) is 8.31. The van der Waals surface area contributed by atoms with E-state index in [1.54, 1.807) is 24.5 Å². The number of hydrogen-bond acceptors (Lipinski definition) is 3. The van der Waals surface area contributed by atoms with Crippen LogP contribution in [0, 0.1) is 5.92 Å². The minimum atomic E-state index is -0.165. The van der Waals surface area contributed by atoms with E-state index < -0.39 is 0 Å². The molecule has 0 saturated heterocycles. The van der Waals surface area contributed by atoms with Crippen molar-refractivity contribution in [3.63, 3.8) is 0 Å². The average molecular weight is 231 g/mol. The maximum Gasteiger partial charge on any atom is 0.271 e. The number of carbonyl (C=O) groups is 1. The molecule has 2 rings (SSSR count). The number of hydrazone groups is 1. The molecule has 17 heavy (non-hydrogen) atoms. The Hall–Kier alpha value is -1.71. The van der Waals surface area contributed by atoms with Crippen molar-refractivity contribution in [2.75, 3.05) is 0 Å². The summed E-state index contributed by atoms with van der Waals surface area (Å²) in [5, 5.41) is 4.25. The molecule has 4 heteroatoms. The standard InChI is InChI=1S/C13H17N3O/c1-2-10-4-3-5-12(10)15-16-13(17)11-6-8-14-9-7-11/h6-10H,2-5H2,1H3,(H,16,17)/b15-12+. The van der Waals surface area contributed by atoms with E-state index in [-0.39, 0.29) is 5.91 Å². The van der Waals surface area contributed by atoms with Crippen LogP contribution in [0.4, 0.5) is 0 Å². The van der Waals surface area contributed by atoms with E-state index in [1.165, 1.54) is 12.8 Å². The maximum atomic E-state index is 11.8. The van der Waals surface area contributed by atoms with E-state index in [1.807, 2.05) is 0 Å². The molecule has 1 aromatic rings. The van der Waals surface area contributed by atoms with Crippen LogP contribution in [0.1, 0.15) is 43.0 Å². The highest BCUT2D eigenvalue weighted by atomic mass is 16.2. The van der Waals surface area contributed by atoms with Crippen molar-refractivity contribution < 1.29 is 4.79 Å². The summed E-state index contributed by atoms with van der Waals surface area (Å²) in [4.78, 5) is 15.6. The van der Waals surface area contributed by atoms with Gasteiger partial charge in [-0.25, -0.2) is 5.43 Å². The average Bonchev–Trinajstić information content (AvgIpc) is 2.84. The maximum absolute atomic E-state index is 11.8. The fraction of sp³-hybridized carbons (Fsp3) is 0.462. The number of amides is 1. The van der Waals surface area contributed by atoms with Crippen LogP contribution in [0.2, 0.25) is 0 Å². The highest BCUT2D eigenvalue weighted by Crippen LogP contribution is 2.24. The molecule has 0 aliphatic heterocycles. The lowest BCUT2D eigenvalue weighted by Crippen LogP contribution is -2.20. The van der Waals surface area contributed by atoms with Crippen molar-refractivity contribution in [1.82, 2.24) is 10.4 Å². The van der Waals surface area contributed by atoms with Crippen LogP contribution in [-0.2, 0) is 0 Å². The van der Waals surface area contributed by atoms with Gasteiger partial charge < -0.3 is 0 Å². The molecule has 0 radical (unpaired) electrons. The summed E-state index contributed by atoms with van der Waals surface area (Å²) in [7, 11) is 0. The second kappa shape index (κ2) is 5.57. The lowest BCUT2D eigenvalue weighted by Gasteiger charge is -2.07. The van der Waals surface area contributed by atoms with Gasteiger partial charge in [-0.15, -0.1) is 0 Å². The molecule has 1 atom stereocenters. The normalized spacial score (nSPS) is 21.7. The minimum Gasteiger partial charge on any atom is -0.267 e. The first-order valence-corrected chi connectivity index (χ1v) is 6.08. The van der Waals surface area contributed by atoms with E-state index in [0.29, 0.717) is 11.5 Å². The van der Waals surface area contributed by atoms with Gasteiger partial charge in [0, 0.05) is 23.7 Å². The summed E-state index contributed by atoms with van der Waals surface area (Å²) in [6.45, 7) is 2.16. The van der Waals surface area contributed by atoms with E-state index in [9.17, 15) is 4.79 Å². The summed E-state index contributed by atoms with van der Waals surface area (Å²) in [6, 6.07) is 3.36. The largest absolute Gasteiger partial charge is 0.271 e. The number of aromatic nitrogens is 1. The number of nitrogens with zero attached hydrogens (tertiary/aromatic N) is 2. The number of carbonyl (C=O) groups excluding carboxylic acids is 1. The molecule has 1 aliphatic rings. The molecule has 1 fully saturated rings. The summed E-state index contributed by atoms with van der Waals surface area (Å²) >= 11 is 0. The zero-order valence-corrected chi connectivity index (χ0v) is 10.0. The van der Waals surface area contributed by atoms with Crippen LogP contribution in [0.15, 0.2) is 29.6 Å². The van der Waals surface area contributed by atoms with Crippen molar-refractivity contribution in [1.29, 1.82) is 0 Å². The molecule has 0 spiro atoms. The Morgan fingerprint density at radius 1 is 1.53 bits per heavy atom. The van der Waals surface area contributed by atoms with Crippen molar-refractivity contribution in [2.24, 2.45) is 11.0 Å². The van der Waals surface area contributed by atoms with Crippen LogP contribution < -0.4 is 5.43 Å². The molecule has 1 N–H and O–H groups in total. The summed E-state index contributed by atoms with van der Waals surface area (Å²) < 4.78 is 0. The van der Waals surface area contributed by atoms with Gasteiger partial charge in [0.2, 0.25) is 0 Å². The molecule has 0 bridgehead atoms. The lowest BCUT2D eigenvalue weighted by molar-refractivity contribution is 0.0954. The molecule has 1 aliphatic carbocycles. The van der Waals surface area contributed by atoms with Crippen LogP contribution in [0.5, 0.6) is 0 Å². The molecule has 0 aromatic carbocycles. The lowest BCUT2D eigenvalue weighted by atomic mass is 10.0. The Bertz CT molecular complexity index is 414. The van der Waals surface area contributed by atoms with Crippen molar-refractivity contribution in [3.05, 3.63) is 30.1 Å². The molecule has 1 saturated carbocycles. The van der Waals surface area contributed by atoms with Gasteiger partial charge in [-0.1, -0.05) is 6.92 Å². The number of rotatable bonds is 3. The third-order valence-electron chi connectivity index (χ3n) is 3.19. The van der Waals surface area contributed by atoms with Crippen molar-refractivity contribution >= 4 is 11.6 Å². The predicted molar refractivity (Wildman–Crippen MR) is 66.8 cm³/mol. The number of nitrogens with one attached hydrogen (secondary N) is 1. The molecular weight excluding hydrogens is 214 g/mol. The molecule has 90 valence electrons. The summed E-state index contributed by atoms with van der Waals surface area (Å²) in [5.74, 6) is 0.384. The van der Waals surface area contributed by atoms with Gasteiger partial charge in [-0.2, -0.15) is 5.10 Å². The third kappa shape index (κ3) is 2.90. The van der Waals surface area contributed by atoms with Gasteiger partial charge in [-0.05, 0) is 43.7 Å². The Kier molecular flexibility index (Phi) is 3.85. The van der Waals surface area contributed by atoms with E-state index >= 15 is 0 Å². The Balaban J connectivity index is 1.98. The SMILES string of the molecule is CCC1CCC/C1=N\NC(=O)c1ccncc1. The second-order valence-corrected chi connectivity index (χ2v) is 4.28. The quantitative estimate of drug-likeness (QED) is 0.812. The molecule has 1 amide bonds. The topological polar surface area (TPSA) is 54.4 Å². The van der Waals surface area contributed by atoms with Crippen LogP contribution in [0.3, 0.4) is 0 Å². The summed E-state index contributed by atoms with van der Waals surface area (Å²) in [6.07, 6.45) is 7.70. The van der Waals surface area contributed by atoms with Gasteiger partial charge >= 0.3 is 0 Å². The fourth-order valence-electron chi connectivity index (χ4n) is 2.18. The van der Waals surface area contributed by atoms with Crippen molar-refractivity contribution in [3.8, 4) is 0 Å². The van der Waals surface area contributed by atoms with Crippen molar-refractivity contribution in [2.45, 2.75) is 32.6 Å². The molecule has 1 unspecified atom stereocenters. The van der Waals surface area contributed by atoms with Gasteiger partial charge in [0.15, 0.2) is 0 Å². The first-order valence-electron chi connectivity index (χ1n) is 6.08. The smallest absolute Gasteiger partial charge is 0.267 e. The Morgan fingerprint density at radius 2 is 2.29 bits per heavy atom. The molecule has 1 heterocycles. The Labute approximate surface area is 101 Å². The number of pyridine rings is 1. The zero-order valence-electron chi connectivity index (χ0n) is 10.0. The highest BCUT2D eigenvalue weighted by molar-refractivity contribution is 5.96. The highest BCUT2D eigenvalue weighted by Gasteiger charge is 2.20. The first kappa shape index (κ1) is 11.8. The predicted octanol–water partition coefficient (Wildman–Crippen LogP) is 2.38. The van der Waals surface area contributed by atoms with Gasteiger partial charge in [-0.3, -0.25) is 9.78 Å².